The van der Waals surface area contributed by atoms with Gasteiger partial charge in [-0.05, 0) is 24.3 Å². The maximum Gasteiger partial charge on any atom is 0.344 e. The van der Waals surface area contributed by atoms with E-state index in [4.69, 9.17) is 18.9 Å². The molecule has 2 aromatic carbocycles. The van der Waals surface area contributed by atoms with Gasteiger partial charge in [0.15, 0.2) is 36.3 Å². The first-order valence-electron chi connectivity index (χ1n) is 8.34. The average molecular weight is 375 g/mol. The number of hydrogen-bond donors (Lipinski definition) is 1. The van der Waals surface area contributed by atoms with Gasteiger partial charge in [-0.3, -0.25) is 4.79 Å². The van der Waals surface area contributed by atoms with Crippen molar-refractivity contribution in [1.29, 1.82) is 0 Å². The molecular formula is C19H18FNO6. The number of nitrogens with one attached hydrogen (secondary N) is 1. The second kappa shape index (κ2) is 8.88. The van der Waals surface area contributed by atoms with Crippen LogP contribution in [0.5, 0.6) is 17.2 Å². The highest BCUT2D eigenvalue weighted by Crippen LogP contribution is 2.32. The van der Waals surface area contributed by atoms with Crippen molar-refractivity contribution in [2.45, 2.75) is 6.42 Å². The normalized spacial score (nSPS) is 12.6. The molecule has 7 nitrogen and oxygen atoms in total. The molecule has 1 heterocycles. The number of carbonyl (C=O) groups excluding carboxylic acids is 2. The number of carbonyl (C=O) groups is 2. The van der Waals surface area contributed by atoms with Crippen molar-refractivity contribution in [3.63, 3.8) is 0 Å². The summed E-state index contributed by atoms with van der Waals surface area (Å²) in [6.07, 6.45) is 0.779. The Hall–Kier alpha value is -3.29. The van der Waals surface area contributed by atoms with Crippen LogP contribution >= 0.6 is 0 Å². The van der Waals surface area contributed by atoms with E-state index in [1.165, 1.54) is 18.2 Å². The quantitative estimate of drug-likeness (QED) is 0.782. The molecule has 27 heavy (non-hydrogen) atoms. The molecule has 8 heteroatoms. The maximum absolute atomic E-state index is 13.4. The van der Waals surface area contributed by atoms with Crippen molar-refractivity contribution in [2.75, 3.05) is 31.7 Å². The van der Waals surface area contributed by atoms with Crippen LogP contribution in [0.4, 0.5) is 10.1 Å². The van der Waals surface area contributed by atoms with Crippen molar-refractivity contribution < 1.29 is 32.9 Å². The summed E-state index contributed by atoms with van der Waals surface area (Å²) in [7, 11) is 0. The van der Waals surface area contributed by atoms with Gasteiger partial charge in [0.05, 0.1) is 13.2 Å². The lowest BCUT2D eigenvalue weighted by atomic mass is 10.2. The van der Waals surface area contributed by atoms with Gasteiger partial charge in [0.25, 0.3) is 5.91 Å². The van der Waals surface area contributed by atoms with Crippen molar-refractivity contribution in [3.8, 4) is 17.2 Å². The highest BCUT2D eigenvalue weighted by Gasteiger charge is 2.13. The topological polar surface area (TPSA) is 83.1 Å². The molecule has 0 fully saturated rings. The molecule has 1 aliphatic heterocycles. The zero-order chi connectivity index (χ0) is 19.1. The molecule has 1 N–H and O–H groups in total. The lowest BCUT2D eigenvalue weighted by molar-refractivity contribution is -0.149. The van der Waals surface area contributed by atoms with Crippen molar-refractivity contribution in [2.24, 2.45) is 0 Å². The number of ether oxygens (including phenoxy) is 4. The largest absolute Gasteiger partial charge is 0.490 e. The van der Waals surface area contributed by atoms with Crippen molar-refractivity contribution >= 4 is 17.6 Å². The van der Waals surface area contributed by atoms with Crippen LogP contribution in [-0.2, 0) is 14.3 Å². The number of esters is 1. The summed E-state index contributed by atoms with van der Waals surface area (Å²) in [6, 6.07) is 10.7. The molecule has 1 aliphatic rings. The van der Waals surface area contributed by atoms with Gasteiger partial charge < -0.3 is 24.3 Å². The first-order chi connectivity index (χ1) is 13.1. The Morgan fingerprint density at radius 3 is 2.63 bits per heavy atom. The molecule has 2 aromatic rings. The fraction of sp³-hybridized carbons (Fsp3) is 0.263. The Labute approximate surface area is 155 Å². The monoisotopic (exact) mass is 375 g/mol. The highest BCUT2D eigenvalue weighted by atomic mass is 19.1. The number of fused-ring (bicyclic) bond motifs is 1. The minimum absolute atomic E-state index is 0.0638. The zero-order valence-corrected chi connectivity index (χ0v) is 14.4. The van der Waals surface area contributed by atoms with Crippen LogP contribution in [0.15, 0.2) is 42.5 Å². The third-order valence-electron chi connectivity index (χ3n) is 3.58. The van der Waals surface area contributed by atoms with E-state index in [2.05, 4.69) is 5.32 Å². The second-order valence-electron chi connectivity index (χ2n) is 5.64. The molecule has 142 valence electrons. The predicted octanol–water partition coefficient (Wildman–Crippen LogP) is 2.55. The van der Waals surface area contributed by atoms with E-state index in [9.17, 15) is 14.0 Å². The Balaban J connectivity index is 1.45. The average Bonchev–Trinajstić information content (AvgIpc) is 2.90. The molecule has 0 bridgehead atoms. The summed E-state index contributed by atoms with van der Waals surface area (Å²) in [6.45, 7) is 0.111. The summed E-state index contributed by atoms with van der Waals surface area (Å²) >= 11 is 0. The summed E-state index contributed by atoms with van der Waals surface area (Å²) in [5.41, 5.74) is 0.489. The Bertz CT molecular complexity index is 826. The van der Waals surface area contributed by atoms with Gasteiger partial charge in [0.2, 0.25) is 0 Å². The maximum atomic E-state index is 13.4. The van der Waals surface area contributed by atoms with Crippen LogP contribution in [0.25, 0.3) is 0 Å². The number of para-hydroxylation sites is 1. The first kappa shape index (κ1) is 18.5. The molecular weight excluding hydrogens is 357 g/mol. The number of halogens is 1. The van der Waals surface area contributed by atoms with Crippen LogP contribution in [0.3, 0.4) is 0 Å². The molecule has 0 radical (unpaired) electrons. The molecule has 0 aliphatic carbocycles. The van der Waals surface area contributed by atoms with E-state index in [-0.39, 0.29) is 5.75 Å². The van der Waals surface area contributed by atoms with E-state index in [1.807, 2.05) is 0 Å². The van der Waals surface area contributed by atoms with Crippen molar-refractivity contribution in [3.05, 3.63) is 48.3 Å². The number of anilines is 1. The van der Waals surface area contributed by atoms with Crippen LogP contribution in [0.2, 0.25) is 0 Å². The number of benzene rings is 2. The fourth-order valence-electron chi connectivity index (χ4n) is 2.32. The van der Waals surface area contributed by atoms with Crippen LogP contribution < -0.4 is 19.5 Å². The summed E-state index contributed by atoms with van der Waals surface area (Å²) < 4.78 is 34.3. The lowest BCUT2D eigenvalue weighted by Gasteiger charge is -2.11. The van der Waals surface area contributed by atoms with Gasteiger partial charge in [-0.2, -0.15) is 0 Å². The minimum atomic E-state index is -0.785. The SMILES string of the molecule is O=C(COC(=O)COc1ccccc1F)Nc1ccc2c(c1)OCCCO2. The van der Waals surface area contributed by atoms with E-state index in [0.29, 0.717) is 30.4 Å². The second-order valence-corrected chi connectivity index (χ2v) is 5.64. The van der Waals surface area contributed by atoms with Gasteiger partial charge >= 0.3 is 5.97 Å². The zero-order valence-electron chi connectivity index (χ0n) is 14.4. The molecule has 0 unspecified atom stereocenters. The molecule has 0 spiro atoms. The number of amides is 1. The molecule has 0 aromatic heterocycles. The third-order valence-corrected chi connectivity index (χ3v) is 3.58. The van der Waals surface area contributed by atoms with Gasteiger partial charge in [0, 0.05) is 18.2 Å². The Morgan fingerprint density at radius 1 is 1.04 bits per heavy atom. The van der Waals surface area contributed by atoms with Gasteiger partial charge in [-0.15, -0.1) is 0 Å². The summed E-state index contributed by atoms with van der Waals surface area (Å²) in [5.74, 6) is -0.804. The highest BCUT2D eigenvalue weighted by molar-refractivity contribution is 5.93. The Morgan fingerprint density at radius 2 is 1.81 bits per heavy atom. The van der Waals surface area contributed by atoms with Gasteiger partial charge in [-0.1, -0.05) is 12.1 Å². The van der Waals surface area contributed by atoms with E-state index in [0.717, 1.165) is 6.42 Å². The molecule has 3 rings (SSSR count). The molecule has 0 saturated heterocycles. The molecule has 1 amide bonds. The first-order valence-corrected chi connectivity index (χ1v) is 8.34. The van der Waals surface area contributed by atoms with E-state index in [1.54, 1.807) is 24.3 Å². The molecule has 0 saturated carbocycles. The van der Waals surface area contributed by atoms with E-state index >= 15 is 0 Å². The predicted molar refractivity (Wildman–Crippen MR) is 93.5 cm³/mol. The van der Waals surface area contributed by atoms with E-state index < -0.39 is 30.9 Å². The summed E-state index contributed by atoms with van der Waals surface area (Å²) in [4.78, 5) is 23.5. The smallest absolute Gasteiger partial charge is 0.344 e. The fourth-order valence-corrected chi connectivity index (χ4v) is 2.32. The van der Waals surface area contributed by atoms with Gasteiger partial charge in [-0.25, -0.2) is 9.18 Å². The summed E-state index contributed by atoms with van der Waals surface area (Å²) in [5, 5.41) is 2.60. The Kier molecular flexibility index (Phi) is 6.09. The van der Waals surface area contributed by atoms with Crippen LogP contribution in [0.1, 0.15) is 6.42 Å². The third kappa shape index (κ3) is 5.34. The van der Waals surface area contributed by atoms with Crippen LogP contribution in [-0.4, -0.2) is 38.3 Å². The molecule has 0 atom stereocenters. The lowest BCUT2D eigenvalue weighted by Crippen LogP contribution is -2.23. The minimum Gasteiger partial charge on any atom is -0.490 e. The van der Waals surface area contributed by atoms with Crippen molar-refractivity contribution in [1.82, 2.24) is 0 Å². The standard InChI is InChI=1S/C19H18FNO6/c20-14-4-1-2-5-15(14)26-12-19(23)27-11-18(22)21-13-6-7-16-17(10-13)25-9-3-8-24-16/h1-2,4-7,10H,3,8-9,11-12H2,(H,21,22). The number of rotatable bonds is 6. The van der Waals surface area contributed by atoms with Gasteiger partial charge in [0.1, 0.15) is 0 Å². The number of hydrogen-bond acceptors (Lipinski definition) is 6. The van der Waals surface area contributed by atoms with Crippen LogP contribution in [0, 0.1) is 5.82 Å².